The molecule has 0 amide bonds. The van der Waals surface area contributed by atoms with Gasteiger partial charge in [-0.15, -0.1) is 5.10 Å². The van der Waals surface area contributed by atoms with E-state index in [1.54, 1.807) is 49.8 Å². The van der Waals surface area contributed by atoms with Crippen molar-refractivity contribution in [2.24, 2.45) is 7.05 Å². The van der Waals surface area contributed by atoms with Crippen molar-refractivity contribution in [1.29, 1.82) is 0 Å². The lowest BCUT2D eigenvalue weighted by Gasteiger charge is -2.11. The molecule has 0 radical (unpaired) electrons. The van der Waals surface area contributed by atoms with Crippen molar-refractivity contribution >= 4 is 31.8 Å². The van der Waals surface area contributed by atoms with Crippen molar-refractivity contribution in [3.05, 3.63) is 59.5 Å². The highest BCUT2D eigenvalue weighted by Gasteiger charge is 2.26. The molecule has 1 aliphatic heterocycles. The second kappa shape index (κ2) is 9.99. The molecule has 5 rings (SSSR count). The van der Waals surface area contributed by atoms with Gasteiger partial charge in [0.25, 0.3) is 10.0 Å². The maximum absolute atomic E-state index is 13.0. The van der Waals surface area contributed by atoms with Crippen LogP contribution in [-0.4, -0.2) is 53.2 Å². The first-order valence-electron chi connectivity index (χ1n) is 10.5. The van der Waals surface area contributed by atoms with Crippen LogP contribution < -0.4 is 23.7 Å². The van der Waals surface area contributed by atoms with Crippen LogP contribution in [0.25, 0.3) is 11.1 Å². The number of aryl methyl sites for hydroxylation is 1. The summed E-state index contributed by atoms with van der Waals surface area (Å²) >= 11 is 3.27. The van der Waals surface area contributed by atoms with Gasteiger partial charge < -0.3 is 18.9 Å². The average molecular weight is 575 g/mol. The summed E-state index contributed by atoms with van der Waals surface area (Å²) in [5, 5.41) is 4.27. The van der Waals surface area contributed by atoms with Crippen molar-refractivity contribution in [2.75, 3.05) is 24.7 Å². The molecule has 12 nitrogen and oxygen atoms in total. The second-order valence-corrected chi connectivity index (χ2v) is 9.92. The molecule has 3 aromatic heterocycles. The highest BCUT2D eigenvalue weighted by molar-refractivity contribution is 9.10. The highest BCUT2D eigenvalue weighted by atomic mass is 79.9. The zero-order valence-electron chi connectivity index (χ0n) is 18.8. The van der Waals surface area contributed by atoms with Crippen LogP contribution in [0.5, 0.6) is 23.4 Å². The van der Waals surface area contributed by atoms with Crippen molar-refractivity contribution in [2.45, 2.75) is 5.03 Å². The lowest BCUT2D eigenvalue weighted by molar-refractivity contribution is 0.174. The number of aromatic nitrogens is 5. The number of pyridine rings is 1. The van der Waals surface area contributed by atoms with Gasteiger partial charge in [-0.2, -0.15) is 8.42 Å². The molecule has 0 atom stereocenters. The van der Waals surface area contributed by atoms with E-state index >= 15 is 0 Å². The number of ether oxygens (including phenoxy) is 4. The van der Waals surface area contributed by atoms with E-state index in [-0.39, 0.29) is 42.7 Å². The van der Waals surface area contributed by atoms with Gasteiger partial charge in [0.05, 0.1) is 10.0 Å². The largest absolute Gasteiger partial charge is 0.472 e. The molecule has 4 heterocycles. The van der Waals surface area contributed by atoms with Gasteiger partial charge in [0.1, 0.15) is 19.0 Å². The van der Waals surface area contributed by atoms with Gasteiger partial charge in [-0.25, -0.2) is 19.6 Å². The minimum Gasteiger partial charge on any atom is -0.472 e. The topological polar surface area (TPSA) is 140 Å². The molecular weight excluding hydrogens is 556 g/mol. The van der Waals surface area contributed by atoms with Gasteiger partial charge in [-0.05, 0) is 45.8 Å². The third-order valence-corrected chi connectivity index (χ3v) is 6.63. The van der Waals surface area contributed by atoms with Crippen molar-refractivity contribution in [1.82, 2.24) is 24.7 Å². The van der Waals surface area contributed by atoms with E-state index in [1.807, 2.05) is 0 Å². The summed E-state index contributed by atoms with van der Waals surface area (Å²) in [5.74, 6) is 1.49. The Kier molecular flexibility index (Phi) is 6.61. The zero-order valence-corrected chi connectivity index (χ0v) is 21.2. The SMILES string of the molecule is Cn1nc(OCCOc2ncc(Br)cn2)c(-c2ccc3c(c2)OCO3)c1NS(=O)(=O)c1ccccn1. The fourth-order valence-corrected chi connectivity index (χ4v) is 4.62. The van der Waals surface area contributed by atoms with Crippen LogP contribution in [0.1, 0.15) is 0 Å². The molecular formula is C22H19BrN6O6S. The van der Waals surface area contributed by atoms with Gasteiger partial charge in [0, 0.05) is 25.6 Å². The molecule has 36 heavy (non-hydrogen) atoms. The molecule has 14 heteroatoms. The van der Waals surface area contributed by atoms with Crippen LogP contribution in [-0.2, 0) is 17.1 Å². The molecule has 1 N–H and O–H groups in total. The molecule has 4 aromatic rings. The third kappa shape index (κ3) is 5.04. The summed E-state index contributed by atoms with van der Waals surface area (Å²) in [4.78, 5) is 12.0. The molecule has 0 fully saturated rings. The van der Waals surface area contributed by atoms with Crippen LogP contribution >= 0.6 is 15.9 Å². The first-order valence-corrected chi connectivity index (χ1v) is 12.8. The van der Waals surface area contributed by atoms with Crippen molar-refractivity contribution in [3.63, 3.8) is 0 Å². The fraction of sp³-hybridized carbons (Fsp3) is 0.182. The quantitative estimate of drug-likeness (QED) is 0.296. The number of anilines is 1. The summed E-state index contributed by atoms with van der Waals surface area (Å²) in [6.07, 6.45) is 4.54. The molecule has 0 aliphatic carbocycles. The van der Waals surface area contributed by atoms with E-state index in [4.69, 9.17) is 18.9 Å². The van der Waals surface area contributed by atoms with E-state index in [9.17, 15) is 8.42 Å². The second-order valence-electron chi connectivity index (χ2n) is 7.37. The molecule has 1 aliphatic rings. The summed E-state index contributed by atoms with van der Waals surface area (Å²) in [5.41, 5.74) is 1.02. The first kappa shape index (κ1) is 23.8. The number of rotatable bonds is 9. The number of halogens is 1. The third-order valence-electron chi connectivity index (χ3n) is 4.97. The molecule has 186 valence electrons. The Morgan fingerprint density at radius 3 is 2.61 bits per heavy atom. The van der Waals surface area contributed by atoms with Gasteiger partial charge in [0.2, 0.25) is 12.7 Å². The average Bonchev–Trinajstić information content (AvgIpc) is 3.47. The number of hydrogen-bond acceptors (Lipinski definition) is 10. The number of hydrogen-bond donors (Lipinski definition) is 1. The van der Waals surface area contributed by atoms with Gasteiger partial charge in [-0.1, -0.05) is 12.1 Å². The fourth-order valence-electron chi connectivity index (χ4n) is 3.36. The Bertz CT molecular complexity index is 1480. The van der Waals surface area contributed by atoms with Crippen LogP contribution in [0.4, 0.5) is 5.82 Å². The molecule has 0 bridgehead atoms. The highest BCUT2D eigenvalue weighted by Crippen LogP contribution is 2.42. The van der Waals surface area contributed by atoms with Gasteiger partial charge in [-0.3, -0.25) is 4.72 Å². The van der Waals surface area contributed by atoms with Crippen LogP contribution in [0.2, 0.25) is 0 Å². The number of sulfonamides is 1. The molecule has 0 saturated carbocycles. The monoisotopic (exact) mass is 574 g/mol. The Labute approximate surface area is 214 Å². The van der Waals surface area contributed by atoms with Crippen molar-refractivity contribution < 1.29 is 27.4 Å². The van der Waals surface area contributed by atoms with Crippen molar-refractivity contribution in [3.8, 4) is 34.5 Å². The Hall–Kier alpha value is -3.91. The first-order chi connectivity index (χ1) is 17.4. The molecule has 1 aromatic carbocycles. The minimum atomic E-state index is -4.01. The number of benzene rings is 1. The number of fused-ring (bicyclic) bond motifs is 1. The van der Waals surface area contributed by atoms with E-state index < -0.39 is 10.0 Å². The van der Waals surface area contributed by atoms with E-state index in [0.29, 0.717) is 22.6 Å². The number of nitrogens with zero attached hydrogens (tertiary/aromatic N) is 5. The van der Waals surface area contributed by atoms with Gasteiger partial charge in [0.15, 0.2) is 16.5 Å². The minimum absolute atomic E-state index is 0.0976. The lowest BCUT2D eigenvalue weighted by Crippen LogP contribution is -2.17. The Morgan fingerprint density at radius 1 is 1.06 bits per heavy atom. The summed E-state index contributed by atoms with van der Waals surface area (Å²) in [6.45, 7) is 0.331. The summed E-state index contributed by atoms with van der Waals surface area (Å²) in [6, 6.07) is 10.1. The molecule has 0 unspecified atom stereocenters. The summed E-state index contributed by atoms with van der Waals surface area (Å²) in [7, 11) is -2.40. The van der Waals surface area contributed by atoms with Crippen LogP contribution in [0.3, 0.4) is 0 Å². The normalized spacial score (nSPS) is 12.4. The zero-order chi connectivity index (χ0) is 25.1. The number of nitrogens with one attached hydrogen (secondary N) is 1. The lowest BCUT2D eigenvalue weighted by atomic mass is 10.1. The van der Waals surface area contributed by atoms with E-state index in [1.165, 1.54) is 16.9 Å². The smallest absolute Gasteiger partial charge is 0.316 e. The van der Waals surface area contributed by atoms with Gasteiger partial charge >= 0.3 is 6.01 Å². The predicted molar refractivity (Wildman–Crippen MR) is 131 cm³/mol. The van der Waals surface area contributed by atoms with E-state index in [0.717, 1.165) is 4.47 Å². The Balaban J connectivity index is 1.44. The molecule has 0 spiro atoms. The maximum atomic E-state index is 13.0. The standard InChI is InChI=1S/C22H19BrN6O6S/c1-29-20(28-36(30,31)18-4-2-3-7-24-18)19(14-5-6-16-17(10-14)35-13-34-16)21(27-29)32-8-9-33-22-25-11-15(23)12-26-22/h2-7,10-12,28H,8-9,13H2,1H3. The maximum Gasteiger partial charge on any atom is 0.316 e. The van der Waals surface area contributed by atoms with Crippen LogP contribution in [0, 0.1) is 0 Å². The molecule has 0 saturated heterocycles. The van der Waals surface area contributed by atoms with E-state index in [2.05, 4.69) is 40.7 Å². The predicted octanol–water partition coefficient (Wildman–Crippen LogP) is 3.02. The van der Waals surface area contributed by atoms with Crippen LogP contribution in [0.15, 0.2) is 64.5 Å². The Morgan fingerprint density at radius 2 is 1.83 bits per heavy atom. The summed E-state index contributed by atoms with van der Waals surface area (Å²) < 4.78 is 53.1.